The van der Waals surface area contributed by atoms with Gasteiger partial charge in [0.1, 0.15) is 0 Å². The van der Waals surface area contributed by atoms with Crippen molar-refractivity contribution in [3.8, 4) is 0 Å². The van der Waals surface area contributed by atoms with Gasteiger partial charge in [-0.3, -0.25) is 10.1 Å². The molecule has 0 aliphatic heterocycles. The minimum atomic E-state index is -0.364. The Morgan fingerprint density at radius 1 is 1.42 bits per heavy atom. The van der Waals surface area contributed by atoms with Gasteiger partial charge in [-0.05, 0) is 31.2 Å². The fourth-order valence-electron chi connectivity index (χ4n) is 1.90. The van der Waals surface area contributed by atoms with Gasteiger partial charge in [-0.2, -0.15) is 0 Å². The van der Waals surface area contributed by atoms with Gasteiger partial charge < -0.3 is 10.4 Å². The van der Waals surface area contributed by atoms with E-state index in [0.29, 0.717) is 12.1 Å². The number of aliphatic hydroxyl groups is 1. The summed E-state index contributed by atoms with van der Waals surface area (Å²) in [4.78, 5) is 10.5. The van der Waals surface area contributed by atoms with E-state index in [0.717, 1.165) is 18.5 Å². The number of rotatable bonds is 7. The minimum Gasteiger partial charge on any atom is -0.396 e. The molecule has 1 rings (SSSR count). The minimum absolute atomic E-state index is 0.0440. The summed E-state index contributed by atoms with van der Waals surface area (Å²) in [5.41, 5.74) is 1.60. The maximum atomic E-state index is 10.9. The van der Waals surface area contributed by atoms with Gasteiger partial charge >= 0.3 is 0 Å². The standard InChI is InChI=1S/C14H22N2O3/c1-11-5-6-12(9-13(11)16(18)19)15-10-14(2,3)7-4-8-17/h5-6,9,15,17H,4,7-8,10H2,1-3H3. The van der Waals surface area contributed by atoms with Crippen LogP contribution < -0.4 is 5.32 Å². The van der Waals surface area contributed by atoms with E-state index >= 15 is 0 Å². The van der Waals surface area contributed by atoms with Crippen molar-refractivity contribution in [1.82, 2.24) is 0 Å². The lowest BCUT2D eigenvalue weighted by atomic mass is 9.88. The lowest BCUT2D eigenvalue weighted by molar-refractivity contribution is -0.385. The quantitative estimate of drug-likeness (QED) is 0.587. The van der Waals surface area contributed by atoms with Gasteiger partial charge in [-0.25, -0.2) is 0 Å². The van der Waals surface area contributed by atoms with Crippen LogP contribution in [0.2, 0.25) is 0 Å². The zero-order valence-electron chi connectivity index (χ0n) is 11.8. The zero-order chi connectivity index (χ0) is 14.5. The molecule has 0 spiro atoms. The van der Waals surface area contributed by atoms with E-state index in [4.69, 9.17) is 5.11 Å². The van der Waals surface area contributed by atoms with Crippen LogP contribution in [0.1, 0.15) is 32.3 Å². The van der Waals surface area contributed by atoms with Crippen molar-refractivity contribution < 1.29 is 10.0 Å². The van der Waals surface area contributed by atoms with Crippen molar-refractivity contribution in [3.05, 3.63) is 33.9 Å². The third-order valence-corrected chi connectivity index (χ3v) is 3.19. The van der Waals surface area contributed by atoms with Gasteiger partial charge in [0.05, 0.1) is 4.92 Å². The average molecular weight is 266 g/mol. The number of nitrogens with one attached hydrogen (secondary N) is 1. The number of hydrogen-bond donors (Lipinski definition) is 2. The molecule has 1 aromatic carbocycles. The Hall–Kier alpha value is -1.62. The van der Waals surface area contributed by atoms with Gasteiger partial charge in [0, 0.05) is 30.5 Å². The lowest BCUT2D eigenvalue weighted by Crippen LogP contribution is -2.23. The van der Waals surface area contributed by atoms with Crippen molar-refractivity contribution in [1.29, 1.82) is 0 Å². The molecule has 1 aromatic rings. The van der Waals surface area contributed by atoms with Gasteiger partial charge in [-0.15, -0.1) is 0 Å². The van der Waals surface area contributed by atoms with Crippen LogP contribution in [0.3, 0.4) is 0 Å². The summed E-state index contributed by atoms with van der Waals surface area (Å²) in [6.45, 7) is 6.86. The first-order valence-corrected chi connectivity index (χ1v) is 6.45. The van der Waals surface area contributed by atoms with Gasteiger partial charge in [-0.1, -0.05) is 19.9 Å². The second-order valence-corrected chi connectivity index (χ2v) is 5.60. The normalized spacial score (nSPS) is 11.4. The SMILES string of the molecule is Cc1ccc(NCC(C)(C)CCCO)cc1[N+](=O)[O-]. The highest BCUT2D eigenvalue weighted by Gasteiger charge is 2.18. The predicted molar refractivity (Wildman–Crippen MR) is 76.4 cm³/mol. The molecular weight excluding hydrogens is 244 g/mol. The summed E-state index contributed by atoms with van der Waals surface area (Å²) in [6.07, 6.45) is 1.67. The molecule has 0 unspecified atom stereocenters. The molecule has 0 aliphatic carbocycles. The molecule has 2 N–H and O–H groups in total. The fraction of sp³-hybridized carbons (Fsp3) is 0.571. The summed E-state index contributed by atoms with van der Waals surface area (Å²) < 4.78 is 0. The highest BCUT2D eigenvalue weighted by atomic mass is 16.6. The first-order chi connectivity index (χ1) is 8.85. The smallest absolute Gasteiger partial charge is 0.274 e. The maximum Gasteiger partial charge on any atom is 0.274 e. The van der Waals surface area contributed by atoms with E-state index in [1.54, 1.807) is 19.1 Å². The van der Waals surface area contributed by atoms with Gasteiger partial charge in [0.15, 0.2) is 0 Å². The fourth-order valence-corrected chi connectivity index (χ4v) is 1.90. The van der Waals surface area contributed by atoms with Gasteiger partial charge in [0.2, 0.25) is 0 Å². The van der Waals surface area contributed by atoms with E-state index in [1.807, 2.05) is 6.07 Å². The molecule has 0 saturated carbocycles. The van der Waals surface area contributed by atoms with Gasteiger partial charge in [0.25, 0.3) is 5.69 Å². The summed E-state index contributed by atoms with van der Waals surface area (Å²) in [5, 5.41) is 22.9. The third-order valence-electron chi connectivity index (χ3n) is 3.19. The monoisotopic (exact) mass is 266 g/mol. The van der Waals surface area contributed by atoms with Crippen molar-refractivity contribution in [2.24, 2.45) is 5.41 Å². The first kappa shape index (κ1) is 15.4. The topological polar surface area (TPSA) is 75.4 Å². The summed E-state index contributed by atoms with van der Waals surface area (Å²) >= 11 is 0. The van der Waals surface area contributed by atoms with Crippen molar-refractivity contribution in [2.75, 3.05) is 18.5 Å². The highest BCUT2D eigenvalue weighted by molar-refractivity contribution is 5.54. The van der Waals surface area contributed by atoms with Crippen LogP contribution in [-0.2, 0) is 0 Å². The Morgan fingerprint density at radius 2 is 2.11 bits per heavy atom. The lowest BCUT2D eigenvalue weighted by Gasteiger charge is -2.25. The molecule has 0 saturated heterocycles. The second kappa shape index (κ2) is 6.52. The highest BCUT2D eigenvalue weighted by Crippen LogP contribution is 2.26. The third kappa shape index (κ3) is 4.87. The largest absolute Gasteiger partial charge is 0.396 e. The van der Waals surface area contributed by atoms with Crippen LogP contribution in [0.15, 0.2) is 18.2 Å². The van der Waals surface area contributed by atoms with Crippen molar-refractivity contribution in [2.45, 2.75) is 33.6 Å². The Labute approximate surface area is 113 Å². The Kier molecular flexibility index (Phi) is 5.30. The van der Waals surface area contributed by atoms with Crippen LogP contribution in [0, 0.1) is 22.5 Å². The molecular formula is C14H22N2O3. The van der Waals surface area contributed by atoms with Crippen LogP contribution in [0.5, 0.6) is 0 Å². The Morgan fingerprint density at radius 3 is 2.68 bits per heavy atom. The van der Waals surface area contributed by atoms with Crippen molar-refractivity contribution in [3.63, 3.8) is 0 Å². The summed E-state index contributed by atoms with van der Waals surface area (Å²) in [5.74, 6) is 0. The zero-order valence-corrected chi connectivity index (χ0v) is 11.8. The van der Waals surface area contributed by atoms with E-state index in [-0.39, 0.29) is 22.6 Å². The summed E-state index contributed by atoms with van der Waals surface area (Å²) in [6, 6.07) is 5.17. The molecule has 5 heteroatoms. The first-order valence-electron chi connectivity index (χ1n) is 6.45. The number of anilines is 1. The molecule has 0 bridgehead atoms. The summed E-state index contributed by atoms with van der Waals surface area (Å²) in [7, 11) is 0. The van der Waals surface area contributed by atoms with Crippen molar-refractivity contribution >= 4 is 11.4 Å². The molecule has 19 heavy (non-hydrogen) atoms. The number of nitro groups is 1. The number of aryl methyl sites for hydroxylation is 1. The van der Waals surface area contributed by atoms with E-state index in [1.165, 1.54) is 0 Å². The molecule has 5 nitrogen and oxygen atoms in total. The number of nitrogens with zero attached hydrogens (tertiary/aromatic N) is 1. The van der Waals surface area contributed by atoms with E-state index in [2.05, 4.69) is 19.2 Å². The van der Waals surface area contributed by atoms with Crippen LogP contribution >= 0.6 is 0 Å². The Bertz CT molecular complexity index is 444. The molecule has 0 aromatic heterocycles. The number of nitro benzene ring substituents is 1. The van der Waals surface area contributed by atoms with Crippen LogP contribution in [0.25, 0.3) is 0 Å². The van der Waals surface area contributed by atoms with Crippen LogP contribution in [0.4, 0.5) is 11.4 Å². The number of benzene rings is 1. The average Bonchev–Trinajstić information content (AvgIpc) is 2.35. The molecule has 0 heterocycles. The molecule has 0 aliphatic rings. The maximum absolute atomic E-state index is 10.9. The van der Waals surface area contributed by atoms with E-state index < -0.39 is 0 Å². The molecule has 0 amide bonds. The van der Waals surface area contributed by atoms with E-state index in [9.17, 15) is 10.1 Å². The molecule has 0 atom stereocenters. The van der Waals surface area contributed by atoms with Crippen LogP contribution in [-0.4, -0.2) is 23.2 Å². The Balaban J connectivity index is 2.68. The molecule has 0 radical (unpaired) electrons. The second-order valence-electron chi connectivity index (χ2n) is 5.60. The predicted octanol–water partition coefficient (Wildman–Crippen LogP) is 3.11. The number of aliphatic hydroxyl groups excluding tert-OH is 1. The number of hydrogen-bond acceptors (Lipinski definition) is 4. The molecule has 0 fully saturated rings. The molecule has 106 valence electrons.